The number of hydrogen-bond acceptors (Lipinski definition) is 6. The Hall–Kier alpha value is -3.68. The summed E-state index contributed by atoms with van der Waals surface area (Å²) in [4.78, 5) is 38.9. The fraction of sp³-hybridized carbons (Fsp3) is 0.400. The van der Waals surface area contributed by atoms with Gasteiger partial charge in [0, 0.05) is 6.42 Å². The van der Waals surface area contributed by atoms with Crippen LogP contribution in [0.5, 0.6) is 0 Å². The van der Waals surface area contributed by atoms with Gasteiger partial charge in [-0.05, 0) is 50.6 Å². The van der Waals surface area contributed by atoms with E-state index in [1.807, 2.05) is 5.32 Å². The van der Waals surface area contributed by atoms with Crippen molar-refractivity contribution in [3.63, 3.8) is 0 Å². The number of sulfone groups is 1. The number of anilines is 1. The lowest BCUT2D eigenvalue weighted by Gasteiger charge is -2.27. The molecule has 2 aromatic rings. The van der Waals surface area contributed by atoms with E-state index in [-0.39, 0.29) is 6.54 Å². The highest BCUT2D eigenvalue weighted by atomic mass is 32.2. The number of rotatable bonds is 5. The largest absolute Gasteiger partial charge is 0.444 e. The lowest BCUT2D eigenvalue weighted by Crippen LogP contribution is -2.51. The molecule has 9 nitrogen and oxygen atoms in total. The second-order valence-corrected chi connectivity index (χ2v) is 12.3. The molecule has 1 saturated carbocycles. The molecular formula is C25H25F4N3O6S. The number of nitrogens with zero attached hydrogens (tertiary/aromatic N) is 1. The Kier molecular flexibility index (Phi) is 7.13. The van der Waals surface area contributed by atoms with Crippen molar-refractivity contribution in [1.29, 1.82) is 0 Å². The minimum Gasteiger partial charge on any atom is -0.444 e. The van der Waals surface area contributed by atoms with Gasteiger partial charge >= 0.3 is 6.09 Å². The minimum absolute atomic E-state index is 0.332. The molecule has 2 atom stereocenters. The first-order chi connectivity index (χ1) is 18.0. The molecule has 1 heterocycles. The summed E-state index contributed by atoms with van der Waals surface area (Å²) in [5.74, 6) is -8.17. The van der Waals surface area contributed by atoms with Gasteiger partial charge in [-0.15, -0.1) is 0 Å². The second kappa shape index (κ2) is 9.81. The highest BCUT2D eigenvalue weighted by molar-refractivity contribution is 7.91. The summed E-state index contributed by atoms with van der Waals surface area (Å²) in [6.07, 6.45) is -1.72. The van der Waals surface area contributed by atoms with Crippen molar-refractivity contribution < 1.29 is 45.1 Å². The van der Waals surface area contributed by atoms with Crippen molar-refractivity contribution >= 4 is 33.4 Å². The van der Waals surface area contributed by atoms with Gasteiger partial charge < -0.3 is 20.3 Å². The number of benzene rings is 2. The number of ether oxygens (including phenoxy) is 1. The molecule has 2 aliphatic rings. The van der Waals surface area contributed by atoms with Gasteiger partial charge in [0.1, 0.15) is 23.3 Å². The molecule has 14 heteroatoms. The number of carbonyl (C=O) groups excluding carboxylic acids is 3. The van der Waals surface area contributed by atoms with E-state index < -0.39 is 91.3 Å². The van der Waals surface area contributed by atoms with Gasteiger partial charge in [0.25, 0.3) is 17.7 Å². The van der Waals surface area contributed by atoms with Crippen LogP contribution in [0.4, 0.5) is 28.0 Å². The van der Waals surface area contributed by atoms with Crippen LogP contribution < -0.4 is 15.5 Å². The number of hydrogen-bond donors (Lipinski definition) is 2. The maximum absolute atomic E-state index is 15.0. The lowest BCUT2D eigenvalue weighted by atomic mass is 10.1. The smallest absolute Gasteiger partial charge is 0.408 e. The zero-order valence-electron chi connectivity index (χ0n) is 21.1. The van der Waals surface area contributed by atoms with E-state index >= 15 is 4.39 Å². The fourth-order valence-corrected chi connectivity index (χ4v) is 5.57. The van der Waals surface area contributed by atoms with Crippen LogP contribution in [0, 0.1) is 11.6 Å². The average molecular weight is 572 g/mol. The Morgan fingerprint density at radius 1 is 1.10 bits per heavy atom. The first-order valence-corrected chi connectivity index (χ1v) is 13.4. The molecule has 0 radical (unpaired) electrons. The Morgan fingerprint density at radius 3 is 2.28 bits per heavy atom. The third-order valence-corrected chi connectivity index (χ3v) is 7.71. The molecule has 0 bridgehead atoms. The Morgan fingerprint density at radius 2 is 1.72 bits per heavy atom. The van der Waals surface area contributed by atoms with Crippen molar-refractivity contribution in [2.75, 3.05) is 10.7 Å². The van der Waals surface area contributed by atoms with Crippen LogP contribution in [0.2, 0.25) is 0 Å². The predicted octanol–water partition coefficient (Wildman–Crippen LogP) is 3.32. The van der Waals surface area contributed by atoms with Crippen LogP contribution in [0.1, 0.15) is 43.1 Å². The molecule has 0 aromatic heterocycles. The minimum atomic E-state index is -4.46. The van der Waals surface area contributed by atoms with E-state index in [0.717, 1.165) is 23.1 Å². The molecule has 2 N–H and O–H groups in total. The molecule has 0 spiro atoms. The summed E-state index contributed by atoms with van der Waals surface area (Å²) in [7, 11) is -4.46. The van der Waals surface area contributed by atoms with Crippen molar-refractivity contribution in [3.05, 3.63) is 59.2 Å². The third kappa shape index (κ3) is 6.32. The number of fused-ring (bicyclic) bond motifs is 1. The molecule has 1 aliphatic heterocycles. The maximum atomic E-state index is 15.0. The monoisotopic (exact) mass is 571 g/mol. The van der Waals surface area contributed by atoms with Crippen LogP contribution in [0.15, 0.2) is 41.3 Å². The van der Waals surface area contributed by atoms with Gasteiger partial charge in [-0.25, -0.2) is 30.8 Å². The molecule has 1 fully saturated rings. The number of halogens is 4. The zero-order valence-corrected chi connectivity index (χ0v) is 21.9. The van der Waals surface area contributed by atoms with Crippen molar-refractivity contribution in [3.8, 4) is 0 Å². The van der Waals surface area contributed by atoms with E-state index in [4.69, 9.17) is 4.74 Å². The van der Waals surface area contributed by atoms with E-state index in [2.05, 4.69) is 5.32 Å². The second-order valence-electron chi connectivity index (χ2n) is 10.3. The first-order valence-electron chi connectivity index (χ1n) is 11.8. The summed E-state index contributed by atoms with van der Waals surface area (Å²) < 4.78 is 86.8. The number of alkyl carbamates (subject to hydrolysis) is 1. The average Bonchev–Trinajstić information content (AvgIpc) is 3.42. The summed E-state index contributed by atoms with van der Waals surface area (Å²) >= 11 is 0. The predicted molar refractivity (Wildman–Crippen MR) is 130 cm³/mol. The van der Waals surface area contributed by atoms with Crippen LogP contribution in [-0.2, 0) is 25.9 Å². The number of amides is 3. The topological polar surface area (TPSA) is 122 Å². The molecular weight excluding hydrogens is 546 g/mol. The molecule has 3 amide bonds. The summed E-state index contributed by atoms with van der Waals surface area (Å²) in [5, 5.41) is 4.21. The SMILES string of the molecule is CC(C)(C)OC(=O)N[C@H]1CS(=O)(=O)c2cc(F)c(C(=O)NC3CC3(F)F)cc2N(Cc2ccc(F)cc2)C1=O. The lowest BCUT2D eigenvalue weighted by molar-refractivity contribution is -0.120. The van der Waals surface area contributed by atoms with Gasteiger partial charge in [0.2, 0.25) is 0 Å². The summed E-state index contributed by atoms with van der Waals surface area (Å²) in [5.41, 5.74) is -1.81. The normalized spacial score (nSPS) is 21.4. The van der Waals surface area contributed by atoms with Crippen molar-refractivity contribution in [2.45, 2.75) is 62.2 Å². The van der Waals surface area contributed by atoms with Crippen LogP contribution in [0.25, 0.3) is 0 Å². The van der Waals surface area contributed by atoms with Crippen LogP contribution in [0.3, 0.4) is 0 Å². The molecule has 1 aliphatic carbocycles. The van der Waals surface area contributed by atoms with Gasteiger partial charge in [0.15, 0.2) is 9.84 Å². The molecule has 210 valence electrons. The number of nitrogens with one attached hydrogen (secondary N) is 2. The van der Waals surface area contributed by atoms with Crippen molar-refractivity contribution in [2.24, 2.45) is 0 Å². The van der Waals surface area contributed by atoms with Gasteiger partial charge in [-0.2, -0.15) is 0 Å². The zero-order chi connectivity index (χ0) is 28.9. The van der Waals surface area contributed by atoms with Gasteiger partial charge in [0.05, 0.1) is 34.5 Å². The number of alkyl halides is 2. The van der Waals surface area contributed by atoms with E-state index in [1.54, 1.807) is 20.8 Å². The van der Waals surface area contributed by atoms with E-state index in [1.165, 1.54) is 12.1 Å². The van der Waals surface area contributed by atoms with Crippen LogP contribution >= 0.6 is 0 Å². The van der Waals surface area contributed by atoms with E-state index in [0.29, 0.717) is 11.6 Å². The quantitative estimate of drug-likeness (QED) is 0.532. The third-order valence-electron chi connectivity index (χ3n) is 5.95. The highest BCUT2D eigenvalue weighted by Crippen LogP contribution is 2.42. The van der Waals surface area contributed by atoms with Crippen molar-refractivity contribution in [1.82, 2.24) is 10.6 Å². The highest BCUT2D eigenvalue weighted by Gasteiger charge is 2.58. The molecule has 0 saturated heterocycles. The molecule has 2 aromatic carbocycles. The summed E-state index contributed by atoms with van der Waals surface area (Å²) in [6.45, 7) is 4.31. The molecule has 1 unspecified atom stereocenters. The Balaban J connectivity index is 1.78. The Labute approximate surface area is 221 Å². The van der Waals surface area contributed by atoms with Crippen LogP contribution in [-0.4, -0.2) is 55.7 Å². The molecule has 39 heavy (non-hydrogen) atoms. The molecule has 4 rings (SSSR count). The number of carbonyl (C=O) groups is 3. The standard InChI is InChI=1S/C25H25F4N3O6S/c1-24(2,3)38-23(35)30-17-12-39(36,37)19-9-16(27)15(21(33)31-20-10-25(20,28)29)8-18(19)32(22(17)34)11-13-4-6-14(26)7-5-13/h4-9,17,20H,10-12H2,1-3H3,(H,30,35)(H,31,33)/t17-,20?/m0/s1. The first kappa shape index (κ1) is 28.3. The summed E-state index contributed by atoms with van der Waals surface area (Å²) in [6, 6.07) is 2.99. The van der Waals surface area contributed by atoms with Gasteiger partial charge in [-0.3, -0.25) is 9.59 Å². The fourth-order valence-electron chi connectivity index (χ4n) is 3.96. The maximum Gasteiger partial charge on any atom is 0.408 e. The Bertz CT molecular complexity index is 1440. The van der Waals surface area contributed by atoms with E-state index in [9.17, 15) is 36.0 Å². The van der Waals surface area contributed by atoms with Gasteiger partial charge in [-0.1, -0.05) is 12.1 Å².